The third kappa shape index (κ3) is 5.04. The van der Waals surface area contributed by atoms with Gasteiger partial charge in [0, 0.05) is 5.39 Å². The SMILES string of the molecule is CCCCc1ccc(S(=O)(=O)O)c2c(CCCC)cccc12.[NaH]. The molecule has 0 saturated carbocycles. The van der Waals surface area contributed by atoms with Crippen LogP contribution in [-0.4, -0.2) is 42.5 Å². The summed E-state index contributed by atoms with van der Waals surface area (Å²) in [7, 11) is -4.21. The number of hydrogen-bond donors (Lipinski definition) is 1. The molecule has 0 aliphatic heterocycles. The Morgan fingerprint density at radius 3 is 2.09 bits per heavy atom. The molecule has 3 nitrogen and oxygen atoms in total. The van der Waals surface area contributed by atoms with Crippen molar-refractivity contribution >= 4 is 50.4 Å². The monoisotopic (exact) mass is 344 g/mol. The maximum atomic E-state index is 11.8. The van der Waals surface area contributed by atoms with Crippen molar-refractivity contribution in [3.63, 3.8) is 0 Å². The molecule has 0 fully saturated rings. The van der Waals surface area contributed by atoms with E-state index in [1.165, 1.54) is 0 Å². The molecule has 0 amide bonds. The fraction of sp³-hybridized carbons (Fsp3) is 0.444. The average molecular weight is 344 g/mol. The Hall–Kier alpha value is -0.390. The maximum absolute atomic E-state index is 11.8. The second-order valence-corrected chi connectivity index (χ2v) is 7.13. The van der Waals surface area contributed by atoms with Crippen LogP contribution in [0.2, 0.25) is 0 Å². The summed E-state index contributed by atoms with van der Waals surface area (Å²) in [5.41, 5.74) is 2.16. The van der Waals surface area contributed by atoms with Crippen LogP contribution in [0.25, 0.3) is 10.8 Å². The zero-order valence-corrected chi connectivity index (χ0v) is 14.1. The number of hydrogen-bond acceptors (Lipinski definition) is 2. The van der Waals surface area contributed by atoms with Gasteiger partial charge in [-0.05, 0) is 48.3 Å². The van der Waals surface area contributed by atoms with Gasteiger partial charge >= 0.3 is 29.6 Å². The van der Waals surface area contributed by atoms with Crippen molar-refractivity contribution in [3.8, 4) is 0 Å². The minimum atomic E-state index is -4.21. The third-order valence-corrected chi connectivity index (χ3v) is 4.95. The number of unbranched alkanes of at least 4 members (excludes halogenated alkanes) is 2. The van der Waals surface area contributed by atoms with E-state index >= 15 is 0 Å². The van der Waals surface area contributed by atoms with Gasteiger partial charge in [-0.2, -0.15) is 8.42 Å². The van der Waals surface area contributed by atoms with E-state index in [9.17, 15) is 13.0 Å². The van der Waals surface area contributed by atoms with Crippen LogP contribution in [0.15, 0.2) is 35.2 Å². The fourth-order valence-electron chi connectivity index (χ4n) is 2.88. The average Bonchev–Trinajstić information content (AvgIpc) is 2.49. The Labute approximate surface area is 161 Å². The van der Waals surface area contributed by atoms with Crippen molar-refractivity contribution in [1.29, 1.82) is 0 Å². The normalized spacial score (nSPS) is 11.4. The van der Waals surface area contributed by atoms with Crippen LogP contribution >= 0.6 is 0 Å². The van der Waals surface area contributed by atoms with E-state index in [4.69, 9.17) is 0 Å². The number of fused-ring (bicyclic) bond motifs is 1. The molecule has 0 atom stereocenters. The molecule has 0 aliphatic carbocycles. The molecule has 2 aromatic rings. The first-order valence-corrected chi connectivity index (χ1v) is 9.44. The van der Waals surface area contributed by atoms with Gasteiger partial charge in [0.05, 0.1) is 0 Å². The van der Waals surface area contributed by atoms with Crippen molar-refractivity contribution in [2.45, 2.75) is 57.3 Å². The molecule has 0 radical (unpaired) electrons. The standard InChI is InChI=1S/C18H24O3S.Na.H/c1-3-5-8-14-12-13-17(22(19,20)21)18-15(9-6-4-2)10-7-11-16(14)18;;/h7,10-13H,3-6,8-9H2,1-2H3,(H,19,20,21);;. The van der Waals surface area contributed by atoms with E-state index in [1.54, 1.807) is 6.07 Å². The first kappa shape index (κ1) is 20.7. The topological polar surface area (TPSA) is 54.4 Å². The molecule has 0 aromatic heterocycles. The van der Waals surface area contributed by atoms with E-state index in [1.807, 2.05) is 24.3 Å². The summed E-state index contributed by atoms with van der Waals surface area (Å²) in [4.78, 5) is 0.0365. The molecule has 2 aromatic carbocycles. The van der Waals surface area contributed by atoms with Gasteiger partial charge in [0.1, 0.15) is 4.90 Å². The van der Waals surface area contributed by atoms with Crippen molar-refractivity contribution < 1.29 is 13.0 Å². The molecule has 0 saturated heterocycles. The van der Waals surface area contributed by atoms with E-state index in [-0.39, 0.29) is 34.5 Å². The zero-order chi connectivity index (χ0) is 16.2. The van der Waals surface area contributed by atoms with Gasteiger partial charge in [0.2, 0.25) is 0 Å². The summed E-state index contributed by atoms with van der Waals surface area (Å²) in [5.74, 6) is 0. The molecule has 0 aliphatic rings. The number of aryl methyl sites for hydroxylation is 2. The molecule has 23 heavy (non-hydrogen) atoms. The van der Waals surface area contributed by atoms with Crippen molar-refractivity contribution in [2.24, 2.45) is 0 Å². The fourth-order valence-corrected chi connectivity index (χ4v) is 3.62. The van der Waals surface area contributed by atoms with Crippen LogP contribution in [0.5, 0.6) is 0 Å². The van der Waals surface area contributed by atoms with Crippen LogP contribution in [0.1, 0.15) is 50.7 Å². The predicted octanol–water partition coefficient (Wildman–Crippen LogP) is 4.12. The van der Waals surface area contributed by atoms with Crippen LogP contribution in [0.3, 0.4) is 0 Å². The van der Waals surface area contributed by atoms with Gasteiger partial charge in [0.15, 0.2) is 0 Å². The van der Waals surface area contributed by atoms with E-state index in [0.29, 0.717) is 5.39 Å². The van der Waals surface area contributed by atoms with Gasteiger partial charge in [-0.15, -0.1) is 0 Å². The Kier molecular flexibility index (Phi) is 8.25. The second-order valence-electron chi connectivity index (χ2n) is 5.74. The molecule has 0 unspecified atom stereocenters. The van der Waals surface area contributed by atoms with Crippen molar-refractivity contribution in [1.82, 2.24) is 0 Å². The molecule has 122 valence electrons. The first-order chi connectivity index (χ1) is 10.5. The van der Waals surface area contributed by atoms with Crippen molar-refractivity contribution in [3.05, 3.63) is 41.5 Å². The molecule has 0 heterocycles. The summed E-state index contributed by atoms with van der Waals surface area (Å²) in [6, 6.07) is 9.31. The Morgan fingerprint density at radius 1 is 0.913 bits per heavy atom. The molecular weight excluding hydrogens is 319 g/mol. The summed E-state index contributed by atoms with van der Waals surface area (Å²) in [6.45, 7) is 4.25. The van der Waals surface area contributed by atoms with Gasteiger partial charge in [0.25, 0.3) is 10.1 Å². The van der Waals surface area contributed by atoms with Gasteiger partial charge in [-0.3, -0.25) is 4.55 Å². The summed E-state index contributed by atoms with van der Waals surface area (Å²) < 4.78 is 33.1. The first-order valence-electron chi connectivity index (χ1n) is 8.00. The minimum absolute atomic E-state index is 0. The van der Waals surface area contributed by atoms with Crippen molar-refractivity contribution in [2.75, 3.05) is 0 Å². The quantitative estimate of drug-likeness (QED) is 0.607. The third-order valence-electron chi connectivity index (χ3n) is 4.06. The summed E-state index contributed by atoms with van der Waals surface area (Å²) >= 11 is 0. The van der Waals surface area contributed by atoms with Gasteiger partial charge in [-0.25, -0.2) is 0 Å². The molecule has 2 rings (SSSR count). The molecule has 0 spiro atoms. The second kappa shape index (κ2) is 9.19. The number of benzene rings is 2. The van der Waals surface area contributed by atoms with Gasteiger partial charge in [-0.1, -0.05) is 51.0 Å². The van der Waals surface area contributed by atoms with Gasteiger partial charge < -0.3 is 0 Å². The van der Waals surface area contributed by atoms with Crippen LogP contribution in [-0.2, 0) is 23.0 Å². The van der Waals surface area contributed by atoms with Crippen LogP contribution in [0.4, 0.5) is 0 Å². The van der Waals surface area contributed by atoms with Crippen LogP contribution in [0, 0.1) is 0 Å². The Balaban J connectivity index is 0.00000264. The Morgan fingerprint density at radius 2 is 1.52 bits per heavy atom. The Bertz CT molecular complexity index is 754. The van der Waals surface area contributed by atoms with Crippen LogP contribution < -0.4 is 0 Å². The number of rotatable bonds is 7. The predicted molar refractivity (Wildman–Crippen MR) is 98.1 cm³/mol. The zero-order valence-electron chi connectivity index (χ0n) is 13.3. The van der Waals surface area contributed by atoms with E-state index < -0.39 is 10.1 Å². The van der Waals surface area contributed by atoms with E-state index in [2.05, 4.69) is 13.8 Å². The molecular formula is C18H25NaO3S. The molecule has 5 heteroatoms. The molecule has 1 N–H and O–H groups in total. The van der Waals surface area contributed by atoms with E-state index in [0.717, 1.165) is 55.0 Å². The summed E-state index contributed by atoms with van der Waals surface area (Å²) in [5, 5.41) is 1.66. The summed E-state index contributed by atoms with van der Waals surface area (Å²) in [6.07, 6.45) is 5.97. The molecule has 0 bridgehead atoms.